The van der Waals surface area contributed by atoms with Crippen molar-refractivity contribution in [1.82, 2.24) is 0 Å². The molecule has 19 heavy (non-hydrogen) atoms. The van der Waals surface area contributed by atoms with Gasteiger partial charge in [-0.1, -0.05) is 18.5 Å². The highest BCUT2D eigenvalue weighted by atomic mass is 35.5. The molecule has 0 saturated heterocycles. The van der Waals surface area contributed by atoms with Crippen molar-refractivity contribution in [2.75, 3.05) is 0 Å². The number of carbonyl (C=O) groups is 1. The first kappa shape index (κ1) is 15.3. The van der Waals surface area contributed by atoms with Crippen LogP contribution in [0.2, 0.25) is 0 Å². The zero-order valence-corrected chi connectivity index (χ0v) is 11.1. The first-order valence-corrected chi connectivity index (χ1v) is 6.20. The highest BCUT2D eigenvalue weighted by molar-refractivity contribution is 6.27. The summed E-state index contributed by atoms with van der Waals surface area (Å²) < 4.78 is 0. The van der Waals surface area contributed by atoms with Crippen LogP contribution in [-0.2, 0) is 4.79 Å². The second-order valence-electron chi connectivity index (χ2n) is 3.99. The Morgan fingerprint density at radius 1 is 1.47 bits per heavy atom. The molecule has 102 valence electrons. The van der Waals surface area contributed by atoms with Crippen molar-refractivity contribution in [2.24, 2.45) is 0 Å². The van der Waals surface area contributed by atoms with Crippen molar-refractivity contribution in [2.45, 2.75) is 25.9 Å². The van der Waals surface area contributed by atoms with Gasteiger partial charge >= 0.3 is 0 Å². The van der Waals surface area contributed by atoms with E-state index in [0.29, 0.717) is 18.4 Å². The summed E-state index contributed by atoms with van der Waals surface area (Å²) in [7, 11) is 0. The Balaban J connectivity index is 2.95. The van der Waals surface area contributed by atoms with Crippen LogP contribution in [-0.4, -0.2) is 15.8 Å². The van der Waals surface area contributed by atoms with Crippen molar-refractivity contribution >= 4 is 23.1 Å². The molecule has 0 spiro atoms. The van der Waals surface area contributed by atoms with Gasteiger partial charge in [-0.2, -0.15) is 0 Å². The quantitative estimate of drug-likeness (QED) is 0.494. The van der Waals surface area contributed by atoms with E-state index in [1.807, 2.05) is 6.92 Å². The van der Waals surface area contributed by atoms with E-state index in [0.717, 1.165) is 5.54 Å². The number of benzene rings is 1. The second-order valence-corrected chi connectivity index (χ2v) is 4.21. The summed E-state index contributed by atoms with van der Waals surface area (Å²) in [5.41, 5.74) is 1.47. The molecule has 6 heteroatoms. The van der Waals surface area contributed by atoms with Crippen LogP contribution >= 0.6 is 11.6 Å². The van der Waals surface area contributed by atoms with Crippen LogP contribution in [0, 0.1) is 10.1 Å². The molecule has 1 aromatic carbocycles. The van der Waals surface area contributed by atoms with E-state index < -0.39 is 11.0 Å². The number of Topliss-reactive ketones (excluding diaryl/α,β-unsaturated/α-hetero) is 1. The molecular formula is C13H14ClNO4. The Labute approximate surface area is 115 Å². The Morgan fingerprint density at radius 2 is 2.05 bits per heavy atom. The average Bonchev–Trinajstić information content (AvgIpc) is 2.39. The summed E-state index contributed by atoms with van der Waals surface area (Å²) in [5, 5.41) is 20.6. The minimum Gasteiger partial charge on any atom is -0.383 e. The lowest BCUT2D eigenvalue weighted by Crippen LogP contribution is -2.11. The van der Waals surface area contributed by atoms with E-state index in [2.05, 4.69) is 0 Å². The van der Waals surface area contributed by atoms with Crippen LogP contribution in [0.15, 0.2) is 35.4 Å². The first-order chi connectivity index (χ1) is 9.01. The summed E-state index contributed by atoms with van der Waals surface area (Å²) in [4.78, 5) is 21.7. The van der Waals surface area contributed by atoms with Crippen molar-refractivity contribution < 1.29 is 14.8 Å². The van der Waals surface area contributed by atoms with Crippen molar-refractivity contribution in [3.8, 4) is 0 Å². The van der Waals surface area contributed by atoms with Crippen LogP contribution in [0.4, 0.5) is 5.69 Å². The molecule has 1 rings (SSSR count). The van der Waals surface area contributed by atoms with Crippen molar-refractivity contribution in [1.29, 1.82) is 0 Å². The molecule has 0 amide bonds. The van der Waals surface area contributed by atoms with Gasteiger partial charge in [-0.05, 0) is 24.1 Å². The molecule has 1 atom stereocenters. The first-order valence-electron chi connectivity index (χ1n) is 5.77. The van der Waals surface area contributed by atoms with Crippen LogP contribution in [0.5, 0.6) is 0 Å². The number of nitro benzene ring substituents is 1. The largest absolute Gasteiger partial charge is 0.383 e. The number of rotatable bonds is 6. The standard InChI is InChI=1S/C13H14ClNO4/c1-2-3-12(16)11(8-14)13(17)9-4-6-10(7-5-9)15(18)19/h4-8,13,17H,2-3H2,1H3/b11-8-. The van der Waals surface area contributed by atoms with Crippen molar-refractivity contribution in [3.05, 3.63) is 51.1 Å². The molecule has 5 nitrogen and oxygen atoms in total. The number of halogens is 1. The Kier molecular flexibility index (Phi) is 5.66. The maximum Gasteiger partial charge on any atom is 0.269 e. The van der Waals surface area contributed by atoms with Crippen LogP contribution in [0.25, 0.3) is 0 Å². The number of aliphatic hydroxyl groups is 1. The minimum absolute atomic E-state index is 0.0766. The van der Waals surface area contributed by atoms with Crippen LogP contribution < -0.4 is 0 Å². The fourth-order valence-electron chi connectivity index (χ4n) is 1.60. The van der Waals surface area contributed by atoms with Gasteiger partial charge in [-0.15, -0.1) is 0 Å². The summed E-state index contributed by atoms with van der Waals surface area (Å²) >= 11 is 5.57. The Hall–Kier alpha value is -1.72. The lowest BCUT2D eigenvalue weighted by Gasteiger charge is -2.13. The van der Waals surface area contributed by atoms with E-state index in [1.54, 1.807) is 0 Å². The molecule has 0 aliphatic heterocycles. The van der Waals surface area contributed by atoms with Crippen molar-refractivity contribution in [3.63, 3.8) is 0 Å². The lowest BCUT2D eigenvalue weighted by atomic mass is 9.97. The molecular weight excluding hydrogens is 270 g/mol. The predicted octanol–water partition coefficient (Wildman–Crippen LogP) is 3.12. The Bertz CT molecular complexity index is 496. The van der Waals surface area contributed by atoms with Gasteiger partial charge in [0.1, 0.15) is 6.10 Å². The summed E-state index contributed by atoms with van der Waals surface area (Å²) in [5.74, 6) is -0.233. The number of non-ortho nitro benzene ring substituents is 1. The number of ketones is 1. The van der Waals surface area contributed by atoms with Gasteiger partial charge in [0.2, 0.25) is 0 Å². The second kappa shape index (κ2) is 7.01. The normalized spacial score (nSPS) is 13.1. The molecule has 0 saturated carbocycles. The van der Waals surface area contributed by atoms with E-state index in [1.165, 1.54) is 24.3 Å². The third-order valence-electron chi connectivity index (χ3n) is 2.63. The van der Waals surface area contributed by atoms with E-state index in [9.17, 15) is 20.0 Å². The van der Waals surface area contributed by atoms with Gasteiger partial charge in [0.05, 0.1) is 4.92 Å². The molecule has 0 aliphatic rings. The van der Waals surface area contributed by atoms with Crippen LogP contribution in [0.3, 0.4) is 0 Å². The number of carbonyl (C=O) groups excluding carboxylic acids is 1. The lowest BCUT2D eigenvalue weighted by molar-refractivity contribution is -0.384. The summed E-state index contributed by atoms with van der Waals surface area (Å²) in [6.45, 7) is 1.85. The summed E-state index contributed by atoms with van der Waals surface area (Å²) in [6.07, 6.45) is -0.222. The zero-order chi connectivity index (χ0) is 14.4. The zero-order valence-electron chi connectivity index (χ0n) is 10.4. The third kappa shape index (κ3) is 3.87. The fourth-order valence-corrected chi connectivity index (χ4v) is 1.84. The van der Waals surface area contributed by atoms with Gasteiger partial charge in [0.15, 0.2) is 5.78 Å². The number of nitrogens with zero attached hydrogens (tertiary/aromatic N) is 1. The number of nitro groups is 1. The number of aliphatic hydroxyl groups excluding tert-OH is 1. The molecule has 0 aromatic heterocycles. The monoisotopic (exact) mass is 283 g/mol. The predicted molar refractivity (Wildman–Crippen MR) is 71.9 cm³/mol. The minimum atomic E-state index is -1.17. The molecule has 1 aromatic rings. The number of hydrogen-bond donors (Lipinski definition) is 1. The molecule has 1 N–H and O–H groups in total. The molecule has 0 heterocycles. The average molecular weight is 284 g/mol. The summed E-state index contributed by atoms with van der Waals surface area (Å²) in [6, 6.07) is 5.36. The van der Waals surface area contributed by atoms with E-state index >= 15 is 0 Å². The maximum atomic E-state index is 11.7. The van der Waals surface area contributed by atoms with Gasteiger partial charge in [0, 0.05) is 29.7 Å². The van der Waals surface area contributed by atoms with E-state index in [-0.39, 0.29) is 17.0 Å². The van der Waals surface area contributed by atoms with Gasteiger partial charge in [-0.3, -0.25) is 14.9 Å². The fraction of sp³-hybridized carbons (Fsp3) is 0.308. The Morgan fingerprint density at radius 3 is 2.47 bits per heavy atom. The molecule has 0 radical (unpaired) electrons. The smallest absolute Gasteiger partial charge is 0.269 e. The molecule has 1 unspecified atom stereocenters. The molecule has 0 bridgehead atoms. The maximum absolute atomic E-state index is 11.7. The van der Waals surface area contributed by atoms with Gasteiger partial charge < -0.3 is 5.11 Å². The van der Waals surface area contributed by atoms with Gasteiger partial charge in [-0.25, -0.2) is 0 Å². The SMILES string of the molecule is CCCC(=O)/C(=C/Cl)C(O)c1ccc([N+](=O)[O-])cc1. The van der Waals surface area contributed by atoms with Crippen LogP contribution in [0.1, 0.15) is 31.4 Å². The molecule has 0 fully saturated rings. The topological polar surface area (TPSA) is 80.4 Å². The highest BCUT2D eigenvalue weighted by Gasteiger charge is 2.20. The highest BCUT2D eigenvalue weighted by Crippen LogP contribution is 2.25. The number of hydrogen-bond acceptors (Lipinski definition) is 4. The van der Waals surface area contributed by atoms with E-state index in [4.69, 9.17) is 11.6 Å². The van der Waals surface area contributed by atoms with Gasteiger partial charge in [0.25, 0.3) is 5.69 Å². The molecule has 0 aliphatic carbocycles. The third-order valence-corrected chi connectivity index (χ3v) is 2.87.